The van der Waals surface area contributed by atoms with Crippen molar-refractivity contribution in [1.29, 1.82) is 0 Å². The first-order chi connectivity index (χ1) is 12.1. The Hall–Kier alpha value is -1.42. The number of methoxy groups -OCH3 is 2. The fourth-order valence-corrected chi connectivity index (χ4v) is 1.72. The van der Waals surface area contributed by atoms with Crippen molar-refractivity contribution in [2.24, 2.45) is 10.5 Å². The molecule has 0 aliphatic heterocycles. The van der Waals surface area contributed by atoms with Crippen LogP contribution in [-0.4, -0.2) is 86.2 Å². The van der Waals surface area contributed by atoms with Gasteiger partial charge in [0.05, 0.1) is 52.9 Å². The van der Waals surface area contributed by atoms with Gasteiger partial charge in [-0.3, -0.25) is 0 Å². The summed E-state index contributed by atoms with van der Waals surface area (Å²) in [4.78, 5) is 14.4. The van der Waals surface area contributed by atoms with Crippen LogP contribution in [0.25, 0.3) is 10.4 Å². The van der Waals surface area contributed by atoms with E-state index >= 15 is 0 Å². The Morgan fingerprint density at radius 3 is 2.12 bits per heavy atom. The first-order valence-electron chi connectivity index (χ1n) is 7.95. The van der Waals surface area contributed by atoms with Crippen LogP contribution in [0.3, 0.4) is 0 Å². The van der Waals surface area contributed by atoms with E-state index in [0.717, 1.165) is 0 Å². The largest absolute Gasteiger partial charge is 0.463 e. The predicted octanol–water partition coefficient (Wildman–Crippen LogP) is 1.19. The van der Waals surface area contributed by atoms with Crippen molar-refractivity contribution in [2.45, 2.75) is 6.92 Å². The third-order valence-corrected chi connectivity index (χ3v) is 2.99. The highest BCUT2D eigenvalue weighted by atomic mass is 16.6. The molecule has 10 heteroatoms. The molecule has 0 spiro atoms. The lowest BCUT2D eigenvalue weighted by atomic mass is 9.93. The van der Waals surface area contributed by atoms with Crippen LogP contribution in [0.1, 0.15) is 6.92 Å². The maximum atomic E-state index is 11.6. The van der Waals surface area contributed by atoms with Crippen molar-refractivity contribution in [1.82, 2.24) is 0 Å². The Kier molecular flexibility index (Phi) is 15.2. The third-order valence-electron chi connectivity index (χ3n) is 2.99. The lowest BCUT2D eigenvalue weighted by molar-refractivity contribution is -0.153. The molecular formula is C15H29N3O7. The van der Waals surface area contributed by atoms with Gasteiger partial charge < -0.3 is 28.4 Å². The highest BCUT2D eigenvalue weighted by Gasteiger charge is 2.25. The van der Waals surface area contributed by atoms with Gasteiger partial charge in [-0.05, 0) is 5.53 Å². The van der Waals surface area contributed by atoms with Gasteiger partial charge in [0.1, 0.15) is 6.61 Å². The number of nitrogens with zero attached hydrogens (tertiary/aromatic N) is 3. The van der Waals surface area contributed by atoms with Crippen molar-refractivity contribution >= 4 is 5.97 Å². The van der Waals surface area contributed by atoms with Gasteiger partial charge in [0.25, 0.3) is 0 Å². The van der Waals surface area contributed by atoms with Crippen LogP contribution in [0, 0.1) is 5.41 Å². The van der Waals surface area contributed by atoms with Crippen molar-refractivity contribution in [2.75, 3.05) is 80.2 Å². The van der Waals surface area contributed by atoms with E-state index < -0.39 is 11.4 Å². The Labute approximate surface area is 148 Å². The summed E-state index contributed by atoms with van der Waals surface area (Å²) in [6.07, 6.45) is 0. The summed E-state index contributed by atoms with van der Waals surface area (Å²) in [7, 11) is 3.14. The van der Waals surface area contributed by atoms with E-state index in [1.807, 2.05) is 6.92 Å². The molecule has 25 heavy (non-hydrogen) atoms. The fraction of sp³-hybridized carbons (Fsp3) is 0.933. The molecule has 0 aromatic heterocycles. The number of hydrogen-bond donors (Lipinski definition) is 0. The number of esters is 1. The van der Waals surface area contributed by atoms with Crippen molar-refractivity contribution in [3.8, 4) is 0 Å². The third kappa shape index (κ3) is 14.6. The first kappa shape index (κ1) is 23.6. The number of hydrogen-bond acceptors (Lipinski definition) is 8. The second-order valence-electron chi connectivity index (χ2n) is 5.56. The monoisotopic (exact) mass is 363 g/mol. The molecule has 0 aromatic carbocycles. The van der Waals surface area contributed by atoms with Crippen molar-refractivity contribution in [3.05, 3.63) is 10.4 Å². The molecular weight excluding hydrogens is 334 g/mol. The Morgan fingerprint density at radius 2 is 1.56 bits per heavy atom. The average molecular weight is 363 g/mol. The fourth-order valence-electron chi connectivity index (χ4n) is 1.72. The summed E-state index contributed by atoms with van der Waals surface area (Å²) in [5.74, 6) is -0.494. The Balaban J connectivity index is 3.67. The highest BCUT2D eigenvalue weighted by Crippen LogP contribution is 2.18. The SMILES string of the molecule is COCCOCCOCCOCC(=O)OCC(C)(CN=[N+]=[N-])COC. The summed E-state index contributed by atoms with van der Waals surface area (Å²) in [6, 6.07) is 0. The van der Waals surface area contributed by atoms with Crippen LogP contribution in [0.4, 0.5) is 0 Å². The smallest absolute Gasteiger partial charge is 0.332 e. The van der Waals surface area contributed by atoms with Crippen LogP contribution in [-0.2, 0) is 33.2 Å². The molecule has 0 bridgehead atoms. The molecule has 1 unspecified atom stereocenters. The van der Waals surface area contributed by atoms with Crippen LogP contribution in [0.2, 0.25) is 0 Å². The van der Waals surface area contributed by atoms with E-state index in [9.17, 15) is 4.79 Å². The predicted molar refractivity (Wildman–Crippen MR) is 89.3 cm³/mol. The molecule has 0 saturated heterocycles. The number of rotatable bonds is 17. The molecule has 0 N–H and O–H groups in total. The van der Waals surface area contributed by atoms with Crippen molar-refractivity contribution < 1.29 is 33.2 Å². The van der Waals surface area contributed by atoms with E-state index in [0.29, 0.717) is 39.6 Å². The number of ether oxygens (including phenoxy) is 6. The van der Waals surface area contributed by atoms with E-state index in [4.69, 9.17) is 34.0 Å². The van der Waals surface area contributed by atoms with Crippen LogP contribution in [0.5, 0.6) is 0 Å². The minimum atomic E-state index is -0.567. The highest BCUT2D eigenvalue weighted by molar-refractivity contribution is 5.70. The maximum absolute atomic E-state index is 11.6. The Morgan fingerprint density at radius 1 is 0.960 bits per heavy atom. The Bertz CT molecular complexity index is 391. The summed E-state index contributed by atoms with van der Waals surface area (Å²) in [5.41, 5.74) is 7.83. The normalized spacial score (nSPS) is 13.1. The summed E-state index contributed by atoms with van der Waals surface area (Å²) >= 11 is 0. The lowest BCUT2D eigenvalue weighted by Crippen LogP contribution is -2.33. The zero-order chi connectivity index (χ0) is 18.8. The van der Waals surface area contributed by atoms with Gasteiger partial charge in [0, 0.05) is 31.1 Å². The van der Waals surface area contributed by atoms with Gasteiger partial charge >= 0.3 is 5.97 Å². The topological polar surface area (TPSA) is 121 Å². The average Bonchev–Trinajstić information content (AvgIpc) is 2.60. The molecule has 10 nitrogen and oxygen atoms in total. The summed E-state index contributed by atoms with van der Waals surface area (Å²) in [5, 5.41) is 3.51. The van der Waals surface area contributed by atoms with Crippen LogP contribution in [0.15, 0.2) is 5.11 Å². The van der Waals surface area contributed by atoms with Gasteiger partial charge in [-0.1, -0.05) is 12.0 Å². The van der Waals surface area contributed by atoms with Gasteiger partial charge in [-0.15, -0.1) is 0 Å². The van der Waals surface area contributed by atoms with Crippen LogP contribution >= 0.6 is 0 Å². The number of carbonyl (C=O) groups is 1. The molecule has 0 fully saturated rings. The van der Waals surface area contributed by atoms with Gasteiger partial charge in [0.15, 0.2) is 0 Å². The molecule has 1 atom stereocenters. The maximum Gasteiger partial charge on any atom is 0.332 e. The zero-order valence-corrected chi connectivity index (χ0v) is 15.3. The number of carbonyl (C=O) groups excluding carboxylic acids is 1. The van der Waals surface area contributed by atoms with Crippen LogP contribution < -0.4 is 0 Å². The standard InChI is InChI=1S/C15H29N3O7/c1-15(12-21-3,11-17-18-16)13-25-14(19)10-24-9-8-23-7-6-22-5-4-20-2/h4-13H2,1-3H3. The van der Waals surface area contributed by atoms with Gasteiger partial charge in [-0.2, -0.15) is 0 Å². The zero-order valence-electron chi connectivity index (χ0n) is 15.3. The van der Waals surface area contributed by atoms with Crippen molar-refractivity contribution in [3.63, 3.8) is 0 Å². The molecule has 0 aliphatic rings. The quantitative estimate of drug-likeness (QED) is 0.125. The minimum Gasteiger partial charge on any atom is -0.463 e. The summed E-state index contributed by atoms with van der Waals surface area (Å²) in [6.45, 7) is 4.85. The van der Waals surface area contributed by atoms with Gasteiger partial charge in [-0.25, -0.2) is 4.79 Å². The van der Waals surface area contributed by atoms with E-state index in [1.165, 1.54) is 7.11 Å². The van der Waals surface area contributed by atoms with E-state index in [-0.39, 0.29) is 26.4 Å². The lowest BCUT2D eigenvalue weighted by Gasteiger charge is -2.26. The molecule has 0 saturated carbocycles. The van der Waals surface area contributed by atoms with E-state index in [1.54, 1.807) is 7.11 Å². The minimum absolute atomic E-state index is 0.0807. The second kappa shape index (κ2) is 16.1. The summed E-state index contributed by atoms with van der Waals surface area (Å²) < 4.78 is 30.7. The first-order valence-corrected chi connectivity index (χ1v) is 7.95. The van der Waals surface area contributed by atoms with E-state index in [2.05, 4.69) is 10.0 Å². The molecule has 0 heterocycles. The molecule has 146 valence electrons. The second-order valence-corrected chi connectivity index (χ2v) is 5.56. The number of azide groups is 1. The molecule has 0 radical (unpaired) electrons. The van der Waals surface area contributed by atoms with Gasteiger partial charge in [0.2, 0.25) is 0 Å². The molecule has 0 aliphatic carbocycles. The molecule has 0 amide bonds. The molecule has 0 aromatic rings. The molecule has 0 rings (SSSR count).